The molecule has 1 saturated carbocycles. The van der Waals surface area contributed by atoms with Crippen molar-refractivity contribution in [2.45, 2.75) is 37.8 Å². The molecule has 2 fully saturated rings. The van der Waals surface area contributed by atoms with Gasteiger partial charge in [0.25, 0.3) is 0 Å². The van der Waals surface area contributed by atoms with Crippen molar-refractivity contribution in [2.75, 3.05) is 13.1 Å². The third-order valence-electron chi connectivity index (χ3n) is 6.19. The number of amides is 1. The summed E-state index contributed by atoms with van der Waals surface area (Å²) < 4.78 is 41.1. The molecule has 0 unspecified atom stereocenters. The second-order valence-electron chi connectivity index (χ2n) is 8.39. The Morgan fingerprint density at radius 3 is 2.65 bits per heavy atom. The summed E-state index contributed by atoms with van der Waals surface area (Å²) in [7, 11) is 0. The second kappa shape index (κ2) is 7.22. The lowest BCUT2D eigenvalue weighted by Gasteiger charge is -2.16. The van der Waals surface area contributed by atoms with Crippen molar-refractivity contribution in [2.24, 2.45) is 5.92 Å². The molecule has 1 amide bonds. The Labute approximate surface area is 181 Å². The smallest absolute Gasteiger partial charge is 0.342 e. The number of hydrogen-bond acceptors (Lipinski definition) is 3. The number of aryl methyl sites for hydroxylation is 1. The van der Waals surface area contributed by atoms with Crippen LogP contribution in [0.2, 0.25) is 5.02 Å². The Morgan fingerprint density at radius 2 is 1.94 bits per heavy atom. The SMILES string of the molecule is Cc1cc(C(F)(F)F)n2nc([C@@H]3CCN(C(=O)[C@H]4C[C@H]4c4ccc(Cl)cc4)C3)cc2n1. The zero-order valence-electron chi connectivity index (χ0n) is 16.7. The van der Waals surface area contributed by atoms with Crippen LogP contribution in [-0.2, 0) is 11.0 Å². The van der Waals surface area contributed by atoms with E-state index >= 15 is 0 Å². The minimum atomic E-state index is -4.52. The van der Waals surface area contributed by atoms with Crippen LogP contribution in [0.4, 0.5) is 13.2 Å². The molecular formula is C22H20ClF3N4O. The zero-order valence-corrected chi connectivity index (χ0v) is 17.5. The van der Waals surface area contributed by atoms with Crippen molar-refractivity contribution in [3.8, 4) is 0 Å². The minimum absolute atomic E-state index is 0.0397. The van der Waals surface area contributed by atoms with Crippen LogP contribution in [0.1, 0.15) is 47.3 Å². The summed E-state index contributed by atoms with van der Waals surface area (Å²) in [6, 6.07) is 10.2. The fraction of sp³-hybridized carbons (Fsp3) is 0.409. The van der Waals surface area contributed by atoms with Crippen LogP contribution < -0.4 is 0 Å². The van der Waals surface area contributed by atoms with Crippen molar-refractivity contribution in [3.63, 3.8) is 0 Å². The van der Waals surface area contributed by atoms with Gasteiger partial charge in [0.1, 0.15) is 5.69 Å². The van der Waals surface area contributed by atoms with Crippen molar-refractivity contribution in [1.82, 2.24) is 19.5 Å². The first kappa shape index (κ1) is 20.3. The van der Waals surface area contributed by atoms with Gasteiger partial charge in [0.15, 0.2) is 5.65 Å². The zero-order chi connectivity index (χ0) is 21.9. The lowest BCUT2D eigenvalue weighted by atomic mass is 10.1. The fourth-order valence-corrected chi connectivity index (χ4v) is 4.63. The van der Waals surface area contributed by atoms with Gasteiger partial charge in [-0.05, 0) is 49.4 Å². The number of alkyl halides is 3. The highest BCUT2D eigenvalue weighted by Crippen LogP contribution is 2.49. The highest BCUT2D eigenvalue weighted by Gasteiger charge is 2.47. The molecule has 3 aromatic rings. The molecule has 0 spiro atoms. The summed E-state index contributed by atoms with van der Waals surface area (Å²) in [5.74, 6) is 0.179. The van der Waals surface area contributed by atoms with Crippen LogP contribution in [0.5, 0.6) is 0 Å². The first-order chi connectivity index (χ1) is 14.7. The average molecular weight is 449 g/mol. The number of carbonyl (C=O) groups excluding carboxylic acids is 1. The van der Waals surface area contributed by atoms with E-state index in [1.807, 2.05) is 29.2 Å². The number of aromatic nitrogens is 3. The van der Waals surface area contributed by atoms with E-state index in [-0.39, 0.29) is 35.0 Å². The number of benzene rings is 1. The number of nitrogens with zero attached hydrogens (tertiary/aromatic N) is 4. The summed E-state index contributed by atoms with van der Waals surface area (Å²) in [5.41, 5.74) is 1.29. The second-order valence-corrected chi connectivity index (χ2v) is 8.83. The third-order valence-corrected chi connectivity index (χ3v) is 6.44. The molecule has 9 heteroatoms. The van der Waals surface area contributed by atoms with E-state index in [2.05, 4.69) is 10.1 Å². The molecule has 2 aliphatic rings. The van der Waals surface area contributed by atoms with Crippen molar-refractivity contribution >= 4 is 23.2 Å². The van der Waals surface area contributed by atoms with Crippen LogP contribution in [0.15, 0.2) is 36.4 Å². The number of hydrogen-bond donors (Lipinski definition) is 0. The summed E-state index contributed by atoms with van der Waals surface area (Å²) >= 11 is 5.94. The Bertz CT molecular complexity index is 1160. The maximum Gasteiger partial charge on any atom is 0.433 e. The molecule has 1 aromatic carbocycles. The Morgan fingerprint density at radius 1 is 1.19 bits per heavy atom. The van der Waals surface area contributed by atoms with Gasteiger partial charge in [-0.3, -0.25) is 4.79 Å². The molecule has 1 aliphatic carbocycles. The molecule has 3 heterocycles. The lowest BCUT2D eigenvalue weighted by molar-refractivity contribution is -0.142. The Kier molecular flexibility index (Phi) is 4.73. The number of likely N-dealkylation sites (tertiary alicyclic amines) is 1. The van der Waals surface area contributed by atoms with Gasteiger partial charge in [-0.25, -0.2) is 9.50 Å². The molecule has 5 nitrogen and oxygen atoms in total. The van der Waals surface area contributed by atoms with E-state index in [1.54, 1.807) is 6.07 Å². The molecule has 1 saturated heterocycles. The number of halogens is 4. The van der Waals surface area contributed by atoms with E-state index in [1.165, 1.54) is 6.92 Å². The summed E-state index contributed by atoms with van der Waals surface area (Å²) in [4.78, 5) is 19.0. The average Bonchev–Trinajstić information content (AvgIpc) is 3.15. The van der Waals surface area contributed by atoms with E-state index in [0.29, 0.717) is 30.2 Å². The van der Waals surface area contributed by atoms with Crippen molar-refractivity contribution in [1.29, 1.82) is 0 Å². The van der Waals surface area contributed by atoms with Gasteiger partial charge in [0.05, 0.1) is 5.69 Å². The van der Waals surface area contributed by atoms with Gasteiger partial charge in [-0.15, -0.1) is 0 Å². The van der Waals surface area contributed by atoms with E-state index in [0.717, 1.165) is 22.6 Å². The quantitative estimate of drug-likeness (QED) is 0.576. The summed E-state index contributed by atoms with van der Waals surface area (Å²) in [6.07, 6.45) is -3.03. The number of rotatable bonds is 3. The largest absolute Gasteiger partial charge is 0.433 e. The van der Waals surface area contributed by atoms with Crippen LogP contribution in [0, 0.1) is 12.8 Å². The molecule has 162 valence electrons. The normalized spacial score (nSPS) is 23.5. The summed E-state index contributed by atoms with van der Waals surface area (Å²) in [5, 5.41) is 4.88. The summed E-state index contributed by atoms with van der Waals surface area (Å²) in [6.45, 7) is 2.58. The minimum Gasteiger partial charge on any atom is -0.342 e. The molecule has 0 radical (unpaired) electrons. The predicted molar refractivity (Wildman–Crippen MR) is 109 cm³/mol. The lowest BCUT2D eigenvalue weighted by Crippen LogP contribution is -2.30. The molecule has 2 aromatic heterocycles. The first-order valence-corrected chi connectivity index (χ1v) is 10.6. The van der Waals surface area contributed by atoms with Crippen LogP contribution in [-0.4, -0.2) is 38.5 Å². The predicted octanol–water partition coefficient (Wildman–Crippen LogP) is 4.83. The van der Waals surface area contributed by atoms with Gasteiger partial charge in [-0.2, -0.15) is 18.3 Å². The van der Waals surface area contributed by atoms with Crippen LogP contribution in [0.3, 0.4) is 0 Å². The topological polar surface area (TPSA) is 50.5 Å². The van der Waals surface area contributed by atoms with Crippen molar-refractivity contribution in [3.05, 3.63) is 64.1 Å². The van der Waals surface area contributed by atoms with Gasteiger partial charge in [0.2, 0.25) is 5.91 Å². The van der Waals surface area contributed by atoms with Gasteiger partial charge in [-0.1, -0.05) is 23.7 Å². The number of fused-ring (bicyclic) bond motifs is 1. The third kappa shape index (κ3) is 3.78. The molecule has 0 bridgehead atoms. The molecular weight excluding hydrogens is 429 g/mol. The molecule has 1 aliphatic heterocycles. The van der Waals surface area contributed by atoms with E-state index < -0.39 is 11.9 Å². The molecule has 5 rings (SSSR count). The van der Waals surface area contributed by atoms with E-state index in [9.17, 15) is 18.0 Å². The highest BCUT2D eigenvalue weighted by molar-refractivity contribution is 6.30. The van der Waals surface area contributed by atoms with Crippen molar-refractivity contribution < 1.29 is 18.0 Å². The fourth-order valence-electron chi connectivity index (χ4n) is 4.50. The number of carbonyl (C=O) groups is 1. The standard InChI is InChI=1S/C22H20ClF3N4O/c1-12-8-19(22(24,25)26)30-20(27-12)10-18(28-30)14-6-7-29(11-14)21(31)17-9-16(17)13-2-4-15(23)5-3-13/h2-5,8,10,14,16-17H,6-7,9,11H2,1H3/t14-,16+,17+/m1/s1. The van der Waals surface area contributed by atoms with Crippen LogP contribution in [0.25, 0.3) is 5.65 Å². The Hall–Kier alpha value is -2.61. The molecule has 0 N–H and O–H groups in total. The maximum atomic E-state index is 13.4. The van der Waals surface area contributed by atoms with Gasteiger partial charge >= 0.3 is 6.18 Å². The highest BCUT2D eigenvalue weighted by atomic mass is 35.5. The van der Waals surface area contributed by atoms with Gasteiger partial charge in [0, 0.05) is 41.7 Å². The van der Waals surface area contributed by atoms with Gasteiger partial charge < -0.3 is 4.90 Å². The molecule has 31 heavy (non-hydrogen) atoms. The maximum absolute atomic E-state index is 13.4. The molecule has 3 atom stereocenters. The first-order valence-electron chi connectivity index (χ1n) is 10.2. The monoisotopic (exact) mass is 448 g/mol. The van der Waals surface area contributed by atoms with Crippen LogP contribution >= 0.6 is 11.6 Å². The van der Waals surface area contributed by atoms with E-state index in [4.69, 9.17) is 11.6 Å². The Balaban J connectivity index is 1.31.